The van der Waals surface area contributed by atoms with E-state index in [-0.39, 0.29) is 5.82 Å². The minimum absolute atomic E-state index is 0.326. The normalized spacial score (nSPS) is 10.9. The van der Waals surface area contributed by atoms with Gasteiger partial charge in [-0.25, -0.2) is 14.2 Å². The van der Waals surface area contributed by atoms with Crippen molar-refractivity contribution in [3.8, 4) is 11.5 Å². The van der Waals surface area contributed by atoms with Crippen molar-refractivity contribution in [2.24, 2.45) is 0 Å². The van der Waals surface area contributed by atoms with E-state index >= 15 is 0 Å². The van der Waals surface area contributed by atoms with Gasteiger partial charge in [0.15, 0.2) is 5.76 Å². The summed E-state index contributed by atoms with van der Waals surface area (Å²) in [5.74, 6) is 0.151. The molecule has 17 heavy (non-hydrogen) atoms. The molecule has 0 fully saturated rings. The van der Waals surface area contributed by atoms with E-state index in [0.717, 1.165) is 0 Å². The van der Waals surface area contributed by atoms with Crippen LogP contribution >= 0.6 is 0 Å². The van der Waals surface area contributed by atoms with Gasteiger partial charge in [0.05, 0.1) is 5.69 Å². The van der Waals surface area contributed by atoms with Crippen LogP contribution < -0.4 is 5.69 Å². The van der Waals surface area contributed by atoms with Gasteiger partial charge in [0.2, 0.25) is 0 Å². The molecule has 1 N–H and O–H groups in total. The number of fused-ring (bicyclic) bond motifs is 1. The Bertz CT molecular complexity index is 745. The number of nitrogens with one attached hydrogen (secondary N) is 1. The van der Waals surface area contributed by atoms with Crippen LogP contribution in [-0.4, -0.2) is 9.97 Å². The zero-order chi connectivity index (χ0) is 11.8. The van der Waals surface area contributed by atoms with E-state index in [1.54, 1.807) is 18.2 Å². The van der Waals surface area contributed by atoms with Crippen LogP contribution in [0.15, 0.2) is 45.7 Å². The highest BCUT2D eigenvalue weighted by Gasteiger charge is 2.07. The van der Waals surface area contributed by atoms with E-state index in [1.807, 2.05) is 0 Å². The number of aromatic amines is 1. The van der Waals surface area contributed by atoms with E-state index in [1.165, 1.54) is 18.3 Å². The van der Waals surface area contributed by atoms with Crippen LogP contribution in [0.4, 0.5) is 4.39 Å². The number of aromatic nitrogens is 2. The van der Waals surface area contributed by atoms with E-state index in [0.29, 0.717) is 22.4 Å². The third-order valence-electron chi connectivity index (χ3n) is 2.42. The Labute approximate surface area is 94.7 Å². The van der Waals surface area contributed by atoms with Gasteiger partial charge in [0.1, 0.15) is 11.4 Å². The summed E-state index contributed by atoms with van der Waals surface area (Å²) in [6.45, 7) is 0. The fraction of sp³-hybridized carbons (Fsp3) is 0. The molecule has 0 unspecified atom stereocenters. The number of hydrogen-bond acceptors (Lipinski definition) is 3. The summed E-state index contributed by atoms with van der Waals surface area (Å²) >= 11 is 0. The van der Waals surface area contributed by atoms with Gasteiger partial charge in [-0.15, -0.1) is 0 Å². The first-order chi connectivity index (χ1) is 8.22. The number of rotatable bonds is 1. The highest BCUT2D eigenvalue weighted by atomic mass is 19.1. The van der Waals surface area contributed by atoms with Gasteiger partial charge in [0.25, 0.3) is 0 Å². The van der Waals surface area contributed by atoms with Crippen LogP contribution in [0.3, 0.4) is 0 Å². The molecule has 0 radical (unpaired) electrons. The van der Waals surface area contributed by atoms with Crippen LogP contribution in [0.2, 0.25) is 0 Å². The average molecular weight is 230 g/mol. The van der Waals surface area contributed by atoms with E-state index in [9.17, 15) is 9.18 Å². The lowest BCUT2D eigenvalue weighted by Gasteiger charge is -1.93. The zero-order valence-electron chi connectivity index (χ0n) is 8.61. The van der Waals surface area contributed by atoms with Gasteiger partial charge in [-0.3, -0.25) is 0 Å². The lowest BCUT2D eigenvalue weighted by Crippen LogP contribution is -2.08. The van der Waals surface area contributed by atoms with Crippen LogP contribution in [0.5, 0.6) is 0 Å². The number of benzene rings is 1. The molecule has 5 heteroatoms. The number of H-pyrrole nitrogens is 1. The molecule has 0 spiro atoms. The monoisotopic (exact) mass is 230 g/mol. The molecular weight excluding hydrogens is 223 g/mol. The minimum Gasteiger partial charge on any atom is -0.455 e. The van der Waals surface area contributed by atoms with Gasteiger partial charge in [-0.1, -0.05) is 0 Å². The summed E-state index contributed by atoms with van der Waals surface area (Å²) in [5.41, 5.74) is 0.634. The maximum absolute atomic E-state index is 13.0. The molecule has 1 aromatic carbocycles. The van der Waals surface area contributed by atoms with Gasteiger partial charge < -0.3 is 9.40 Å². The van der Waals surface area contributed by atoms with Crippen molar-refractivity contribution in [2.45, 2.75) is 0 Å². The number of nitrogens with zero attached hydrogens (tertiary/aromatic N) is 1. The molecule has 3 rings (SSSR count). The Morgan fingerprint density at radius 3 is 2.94 bits per heavy atom. The summed E-state index contributed by atoms with van der Waals surface area (Å²) < 4.78 is 18.5. The van der Waals surface area contributed by atoms with Gasteiger partial charge in [-0.2, -0.15) is 0 Å². The maximum atomic E-state index is 13.0. The molecule has 2 aromatic heterocycles. The van der Waals surface area contributed by atoms with Crippen molar-refractivity contribution in [1.82, 2.24) is 9.97 Å². The summed E-state index contributed by atoms with van der Waals surface area (Å²) in [6.07, 6.45) is 1.39. The summed E-state index contributed by atoms with van der Waals surface area (Å²) in [6, 6.07) is 7.54. The highest BCUT2D eigenvalue weighted by molar-refractivity contribution is 5.82. The topological polar surface area (TPSA) is 58.9 Å². The van der Waals surface area contributed by atoms with Gasteiger partial charge in [0, 0.05) is 11.6 Å². The SMILES string of the molecule is O=c1nccc(-c2cc3cc(F)ccc3o2)[nH]1. The van der Waals surface area contributed by atoms with Crippen LogP contribution in [0, 0.1) is 5.82 Å². The summed E-state index contributed by atoms with van der Waals surface area (Å²) in [7, 11) is 0. The molecule has 0 amide bonds. The quantitative estimate of drug-likeness (QED) is 0.697. The highest BCUT2D eigenvalue weighted by Crippen LogP contribution is 2.26. The molecule has 84 valence electrons. The molecule has 0 bridgehead atoms. The lowest BCUT2D eigenvalue weighted by molar-refractivity contribution is 0.617. The van der Waals surface area contributed by atoms with Crippen molar-refractivity contribution in [1.29, 1.82) is 0 Å². The van der Waals surface area contributed by atoms with Crippen molar-refractivity contribution >= 4 is 11.0 Å². The van der Waals surface area contributed by atoms with Crippen molar-refractivity contribution in [2.75, 3.05) is 0 Å². The molecule has 4 nitrogen and oxygen atoms in total. The fourth-order valence-electron chi connectivity index (χ4n) is 1.66. The number of halogens is 1. The van der Waals surface area contributed by atoms with Crippen LogP contribution in [-0.2, 0) is 0 Å². The Morgan fingerprint density at radius 2 is 2.12 bits per heavy atom. The molecule has 2 heterocycles. The standard InChI is InChI=1S/C12H7FN2O2/c13-8-1-2-10-7(5-8)6-11(17-10)9-3-4-14-12(16)15-9/h1-6H,(H,14,15,16). The largest absolute Gasteiger partial charge is 0.455 e. The molecule has 0 atom stereocenters. The van der Waals surface area contributed by atoms with Crippen molar-refractivity contribution < 1.29 is 8.81 Å². The molecule has 0 aliphatic carbocycles. The second kappa shape index (κ2) is 3.55. The van der Waals surface area contributed by atoms with Gasteiger partial charge >= 0.3 is 5.69 Å². The Morgan fingerprint density at radius 1 is 1.24 bits per heavy atom. The van der Waals surface area contributed by atoms with Crippen molar-refractivity contribution in [3.05, 3.63) is 52.8 Å². The number of furan rings is 1. The summed E-state index contributed by atoms with van der Waals surface area (Å²) in [5, 5.41) is 0.651. The van der Waals surface area contributed by atoms with Crippen molar-refractivity contribution in [3.63, 3.8) is 0 Å². The third-order valence-corrected chi connectivity index (χ3v) is 2.42. The van der Waals surface area contributed by atoms with E-state index in [2.05, 4.69) is 9.97 Å². The van der Waals surface area contributed by atoms with E-state index in [4.69, 9.17) is 4.42 Å². The Kier molecular flexibility index (Phi) is 2.04. The molecule has 0 aliphatic heterocycles. The predicted molar refractivity (Wildman–Crippen MR) is 60.0 cm³/mol. The Balaban J connectivity index is 2.21. The average Bonchev–Trinajstić information content (AvgIpc) is 2.72. The van der Waals surface area contributed by atoms with Gasteiger partial charge in [-0.05, 0) is 30.3 Å². The molecule has 3 aromatic rings. The molecule has 0 saturated carbocycles. The maximum Gasteiger partial charge on any atom is 0.345 e. The minimum atomic E-state index is -0.450. The first kappa shape index (κ1) is 9.77. The smallest absolute Gasteiger partial charge is 0.345 e. The van der Waals surface area contributed by atoms with Crippen LogP contribution in [0.1, 0.15) is 0 Å². The third kappa shape index (κ3) is 1.71. The molecule has 0 aliphatic rings. The summed E-state index contributed by atoms with van der Waals surface area (Å²) in [4.78, 5) is 17.1. The lowest BCUT2D eigenvalue weighted by atomic mass is 10.2. The fourth-order valence-corrected chi connectivity index (χ4v) is 1.66. The first-order valence-electron chi connectivity index (χ1n) is 4.97. The predicted octanol–water partition coefficient (Wildman–Crippen LogP) is 2.32. The Hall–Kier alpha value is -2.43. The zero-order valence-corrected chi connectivity index (χ0v) is 8.61. The van der Waals surface area contributed by atoms with Crippen LogP contribution in [0.25, 0.3) is 22.4 Å². The first-order valence-corrected chi connectivity index (χ1v) is 4.97. The molecule has 0 saturated heterocycles. The molecular formula is C12H7FN2O2. The second-order valence-corrected chi connectivity index (χ2v) is 3.58. The number of hydrogen-bond donors (Lipinski definition) is 1. The van der Waals surface area contributed by atoms with E-state index < -0.39 is 5.69 Å². The second-order valence-electron chi connectivity index (χ2n) is 3.58.